The van der Waals surface area contributed by atoms with Gasteiger partial charge in [-0.05, 0) is 18.2 Å². The van der Waals surface area contributed by atoms with E-state index < -0.39 is 11.6 Å². The monoisotopic (exact) mass is 373 g/mol. The number of hydrogen-bond donors (Lipinski definition) is 1. The van der Waals surface area contributed by atoms with Gasteiger partial charge in [0.25, 0.3) is 0 Å². The third-order valence-electron chi connectivity index (χ3n) is 4.68. The summed E-state index contributed by atoms with van der Waals surface area (Å²) < 4.78 is 32.2. The fourth-order valence-electron chi connectivity index (χ4n) is 3.19. The number of nitrogens with zero attached hydrogens (tertiary/aromatic N) is 4. The van der Waals surface area contributed by atoms with Crippen LogP contribution in [0.25, 0.3) is 11.3 Å². The van der Waals surface area contributed by atoms with Crippen LogP contribution in [0.5, 0.6) is 0 Å². The molecule has 0 atom stereocenters. The molecule has 6 nitrogen and oxygen atoms in total. The Bertz CT molecular complexity index is 973. The van der Waals surface area contributed by atoms with Crippen LogP contribution >= 0.6 is 0 Å². The number of aromatic nitrogens is 4. The summed E-state index contributed by atoms with van der Waals surface area (Å²) in [5.74, 6) is -0.489. The fourth-order valence-corrected chi connectivity index (χ4v) is 3.19. The lowest BCUT2D eigenvalue weighted by Gasteiger charge is -2.25. The molecule has 1 aliphatic heterocycles. The van der Waals surface area contributed by atoms with Gasteiger partial charge < -0.3 is 4.52 Å². The van der Waals surface area contributed by atoms with Gasteiger partial charge in [0, 0.05) is 41.7 Å². The van der Waals surface area contributed by atoms with Gasteiger partial charge in [-0.15, -0.1) is 0 Å². The van der Waals surface area contributed by atoms with Gasteiger partial charge in [-0.25, -0.2) is 8.78 Å². The van der Waals surface area contributed by atoms with E-state index in [9.17, 15) is 8.78 Å². The molecule has 3 aromatic rings. The summed E-state index contributed by atoms with van der Waals surface area (Å²) in [7, 11) is 0. The van der Waals surface area contributed by atoms with Crippen molar-refractivity contribution < 1.29 is 13.3 Å². The second-order valence-corrected chi connectivity index (χ2v) is 7.88. The molecule has 0 fully saturated rings. The molecule has 0 saturated heterocycles. The molecule has 1 aromatic carbocycles. The molecule has 1 aliphatic rings. The van der Waals surface area contributed by atoms with Crippen LogP contribution in [0.15, 0.2) is 22.7 Å². The maximum Gasteiger partial charge on any atom is 0.232 e. The average Bonchev–Trinajstić information content (AvgIpc) is 3.24. The maximum atomic E-state index is 13.6. The number of fused-ring (bicyclic) bond motifs is 1. The number of rotatable bonds is 3. The van der Waals surface area contributed by atoms with E-state index in [1.807, 2.05) is 20.8 Å². The maximum absolute atomic E-state index is 13.6. The highest BCUT2D eigenvalue weighted by atomic mass is 19.2. The van der Waals surface area contributed by atoms with Gasteiger partial charge >= 0.3 is 0 Å². The summed E-state index contributed by atoms with van der Waals surface area (Å²) in [6, 6.07) is 3.85. The lowest BCUT2D eigenvalue weighted by molar-refractivity contribution is 0.234. The SMILES string of the molecule is CC(C)(C)c1nc(CN2CCc3[nH]nc(-c4ccc(F)c(F)c4)c3C2)no1. The van der Waals surface area contributed by atoms with Gasteiger partial charge in [-0.2, -0.15) is 10.1 Å². The van der Waals surface area contributed by atoms with Gasteiger partial charge in [-0.3, -0.25) is 10.00 Å². The number of H-pyrrole nitrogens is 1. The van der Waals surface area contributed by atoms with E-state index in [-0.39, 0.29) is 5.41 Å². The van der Waals surface area contributed by atoms with Crippen molar-refractivity contribution in [2.45, 2.75) is 45.7 Å². The van der Waals surface area contributed by atoms with Gasteiger partial charge in [0.2, 0.25) is 5.89 Å². The summed E-state index contributed by atoms with van der Waals surface area (Å²) in [4.78, 5) is 6.68. The average molecular weight is 373 g/mol. The van der Waals surface area contributed by atoms with E-state index in [0.717, 1.165) is 30.3 Å². The van der Waals surface area contributed by atoms with Crippen LogP contribution in [0.3, 0.4) is 0 Å². The van der Waals surface area contributed by atoms with Crippen LogP contribution in [-0.2, 0) is 24.9 Å². The third kappa shape index (κ3) is 3.49. The van der Waals surface area contributed by atoms with Crippen LogP contribution in [0.1, 0.15) is 43.7 Å². The molecular weight excluding hydrogens is 352 g/mol. The molecule has 0 radical (unpaired) electrons. The summed E-state index contributed by atoms with van der Waals surface area (Å²) in [6.07, 6.45) is 0.788. The smallest absolute Gasteiger partial charge is 0.232 e. The van der Waals surface area contributed by atoms with Crippen molar-refractivity contribution in [1.82, 2.24) is 25.2 Å². The van der Waals surface area contributed by atoms with Gasteiger partial charge in [0.15, 0.2) is 17.5 Å². The summed E-state index contributed by atoms with van der Waals surface area (Å²) >= 11 is 0. The van der Waals surface area contributed by atoms with Crippen molar-refractivity contribution in [1.29, 1.82) is 0 Å². The first kappa shape index (κ1) is 17.8. The van der Waals surface area contributed by atoms with Crippen molar-refractivity contribution in [3.63, 3.8) is 0 Å². The molecule has 0 aliphatic carbocycles. The predicted octanol–water partition coefficient (Wildman–Crippen LogP) is 3.59. The topological polar surface area (TPSA) is 70.8 Å². The lowest BCUT2D eigenvalue weighted by Crippen LogP contribution is -2.30. The first-order chi connectivity index (χ1) is 12.8. The Morgan fingerprint density at radius 2 is 2.04 bits per heavy atom. The number of aromatic amines is 1. The Morgan fingerprint density at radius 3 is 2.74 bits per heavy atom. The molecular formula is C19H21F2N5O. The minimum Gasteiger partial charge on any atom is -0.339 e. The minimum atomic E-state index is -0.876. The molecule has 27 heavy (non-hydrogen) atoms. The molecule has 0 bridgehead atoms. The van der Waals surface area contributed by atoms with Crippen LogP contribution in [0, 0.1) is 11.6 Å². The van der Waals surface area contributed by atoms with E-state index in [1.54, 1.807) is 6.07 Å². The Morgan fingerprint density at radius 1 is 1.22 bits per heavy atom. The molecule has 3 heterocycles. The Labute approximate surface area is 155 Å². The van der Waals surface area contributed by atoms with E-state index in [4.69, 9.17) is 4.52 Å². The van der Waals surface area contributed by atoms with Gasteiger partial charge in [-0.1, -0.05) is 25.9 Å². The predicted molar refractivity (Wildman–Crippen MR) is 94.8 cm³/mol. The highest BCUT2D eigenvalue weighted by molar-refractivity contribution is 5.64. The van der Waals surface area contributed by atoms with E-state index in [1.165, 1.54) is 6.07 Å². The second kappa shape index (κ2) is 6.53. The Kier molecular flexibility index (Phi) is 4.30. The minimum absolute atomic E-state index is 0.190. The van der Waals surface area contributed by atoms with Crippen LogP contribution < -0.4 is 0 Å². The molecule has 0 spiro atoms. The molecule has 0 saturated carbocycles. The molecule has 142 valence electrons. The van der Waals surface area contributed by atoms with Crippen LogP contribution in [0.4, 0.5) is 8.78 Å². The highest BCUT2D eigenvalue weighted by Crippen LogP contribution is 2.30. The summed E-state index contributed by atoms with van der Waals surface area (Å²) in [6.45, 7) is 8.08. The molecule has 4 rings (SSSR count). The Hall–Kier alpha value is -2.61. The van der Waals surface area contributed by atoms with Crippen molar-refractivity contribution >= 4 is 0 Å². The zero-order valence-corrected chi connectivity index (χ0v) is 15.5. The van der Waals surface area contributed by atoms with Crippen molar-refractivity contribution in [3.05, 3.63) is 52.8 Å². The zero-order valence-electron chi connectivity index (χ0n) is 15.5. The molecule has 0 unspecified atom stereocenters. The quantitative estimate of drug-likeness (QED) is 0.760. The van der Waals surface area contributed by atoms with Crippen LogP contribution in [0.2, 0.25) is 0 Å². The normalized spacial score (nSPS) is 15.1. The third-order valence-corrected chi connectivity index (χ3v) is 4.68. The molecule has 1 N–H and O–H groups in total. The molecule has 2 aromatic heterocycles. The first-order valence-electron chi connectivity index (χ1n) is 8.88. The molecule has 0 amide bonds. The van der Waals surface area contributed by atoms with Gasteiger partial charge in [0.1, 0.15) is 0 Å². The number of benzene rings is 1. The molecule has 8 heteroatoms. The van der Waals surface area contributed by atoms with Crippen LogP contribution in [-0.4, -0.2) is 31.8 Å². The Balaban J connectivity index is 1.55. The van der Waals surface area contributed by atoms with Crippen molar-refractivity contribution in [2.75, 3.05) is 6.54 Å². The van der Waals surface area contributed by atoms with E-state index in [2.05, 4.69) is 25.2 Å². The first-order valence-corrected chi connectivity index (χ1v) is 8.88. The highest BCUT2D eigenvalue weighted by Gasteiger charge is 2.26. The lowest BCUT2D eigenvalue weighted by atomic mass is 9.97. The number of hydrogen-bond acceptors (Lipinski definition) is 5. The number of nitrogens with one attached hydrogen (secondary N) is 1. The largest absolute Gasteiger partial charge is 0.339 e. The summed E-state index contributed by atoms with van der Waals surface area (Å²) in [5, 5.41) is 11.4. The van der Waals surface area contributed by atoms with E-state index >= 15 is 0 Å². The van der Waals surface area contributed by atoms with Gasteiger partial charge in [0.05, 0.1) is 12.2 Å². The summed E-state index contributed by atoms with van der Waals surface area (Å²) in [5.41, 5.74) is 3.03. The zero-order chi connectivity index (χ0) is 19.2. The second-order valence-electron chi connectivity index (χ2n) is 7.88. The standard InChI is InChI=1S/C19H21F2N5O/c1-19(2,3)18-22-16(25-27-18)10-26-7-6-15-12(9-26)17(24-23-15)11-4-5-13(20)14(21)8-11/h4-5,8H,6-7,9-10H2,1-3H3,(H,23,24). The van der Waals surface area contributed by atoms with Crippen molar-refractivity contribution in [3.8, 4) is 11.3 Å². The number of halogens is 2. The fraction of sp³-hybridized carbons (Fsp3) is 0.421. The van der Waals surface area contributed by atoms with E-state index in [0.29, 0.717) is 36.1 Å². The van der Waals surface area contributed by atoms with Crippen molar-refractivity contribution in [2.24, 2.45) is 0 Å².